The van der Waals surface area contributed by atoms with E-state index in [0.717, 1.165) is 55.2 Å². The van der Waals surface area contributed by atoms with Crippen LogP contribution in [0, 0.1) is 11.8 Å². The van der Waals surface area contributed by atoms with Crippen molar-refractivity contribution in [3.8, 4) is 0 Å². The van der Waals surface area contributed by atoms with Crippen molar-refractivity contribution < 1.29 is 9.90 Å². The van der Waals surface area contributed by atoms with E-state index in [1.54, 1.807) is 0 Å². The number of aliphatic hydroxyl groups is 1. The number of hydrogen-bond acceptors (Lipinski definition) is 4. The number of rotatable bonds is 5. The van der Waals surface area contributed by atoms with Gasteiger partial charge < -0.3 is 15.3 Å². The first-order chi connectivity index (χ1) is 13.5. The van der Waals surface area contributed by atoms with E-state index in [1.807, 2.05) is 24.4 Å². The van der Waals surface area contributed by atoms with Crippen LogP contribution in [0.2, 0.25) is 0 Å². The Bertz CT molecular complexity index is 823. The number of carbonyl (C=O) groups excluding carboxylic acids is 1. The van der Waals surface area contributed by atoms with E-state index in [4.69, 9.17) is 0 Å². The summed E-state index contributed by atoms with van der Waals surface area (Å²) in [6.45, 7) is 6.40. The first-order valence-electron chi connectivity index (χ1n) is 10.6. The fourth-order valence-electron chi connectivity index (χ4n) is 4.58. The molecular formula is C23H31N3O2. The van der Waals surface area contributed by atoms with Crippen LogP contribution in [-0.2, 0) is 4.79 Å². The Morgan fingerprint density at radius 3 is 2.61 bits per heavy atom. The molecule has 0 radical (unpaired) electrons. The number of fused-ring (bicyclic) bond motifs is 1. The third-order valence-electron chi connectivity index (χ3n) is 6.52. The molecule has 1 aromatic carbocycles. The lowest BCUT2D eigenvalue weighted by Crippen LogP contribution is -2.46. The average molecular weight is 382 g/mol. The minimum atomic E-state index is -0.243. The average Bonchev–Trinajstić information content (AvgIpc) is 2.69. The number of carbonyl (C=O) groups is 1. The summed E-state index contributed by atoms with van der Waals surface area (Å²) < 4.78 is 0. The van der Waals surface area contributed by atoms with Crippen LogP contribution in [-0.4, -0.2) is 46.1 Å². The molecule has 0 unspecified atom stereocenters. The number of benzene rings is 1. The predicted molar refractivity (Wildman–Crippen MR) is 111 cm³/mol. The van der Waals surface area contributed by atoms with Gasteiger partial charge in [0.25, 0.3) is 0 Å². The molecule has 1 amide bonds. The van der Waals surface area contributed by atoms with Gasteiger partial charge in [-0.25, -0.2) is 0 Å². The van der Waals surface area contributed by atoms with Gasteiger partial charge in [0.2, 0.25) is 5.91 Å². The maximum absolute atomic E-state index is 13.0. The topological polar surface area (TPSA) is 65.5 Å². The molecule has 28 heavy (non-hydrogen) atoms. The summed E-state index contributed by atoms with van der Waals surface area (Å²) >= 11 is 0. The van der Waals surface area contributed by atoms with E-state index >= 15 is 0 Å². The summed E-state index contributed by atoms with van der Waals surface area (Å²) in [4.78, 5) is 20.1. The van der Waals surface area contributed by atoms with E-state index in [0.29, 0.717) is 6.04 Å². The first-order valence-corrected chi connectivity index (χ1v) is 10.6. The summed E-state index contributed by atoms with van der Waals surface area (Å²) in [5.74, 6) is 0.511. The molecule has 0 bridgehead atoms. The normalized spacial score (nSPS) is 24.9. The lowest BCUT2D eigenvalue weighted by atomic mass is 9.75. The minimum Gasteiger partial charge on any atom is -0.393 e. The largest absolute Gasteiger partial charge is 0.393 e. The Kier molecular flexibility index (Phi) is 5.65. The molecule has 1 aliphatic carbocycles. The molecule has 2 aliphatic rings. The second-order valence-electron chi connectivity index (χ2n) is 8.74. The third-order valence-corrected chi connectivity index (χ3v) is 6.52. The molecule has 2 heterocycles. The van der Waals surface area contributed by atoms with Crippen LogP contribution in [0.25, 0.3) is 10.9 Å². The number of hydrogen-bond donors (Lipinski definition) is 2. The molecule has 5 heteroatoms. The lowest BCUT2D eigenvalue weighted by Gasteiger charge is -2.39. The van der Waals surface area contributed by atoms with Crippen LogP contribution in [0.3, 0.4) is 0 Å². The van der Waals surface area contributed by atoms with E-state index in [1.165, 1.54) is 0 Å². The van der Waals surface area contributed by atoms with E-state index in [9.17, 15) is 9.90 Å². The lowest BCUT2D eigenvalue weighted by molar-refractivity contribution is -0.128. The molecule has 0 spiro atoms. The van der Waals surface area contributed by atoms with Gasteiger partial charge in [0.05, 0.1) is 17.7 Å². The molecule has 5 nitrogen and oxygen atoms in total. The van der Waals surface area contributed by atoms with Crippen molar-refractivity contribution in [2.24, 2.45) is 11.8 Å². The number of nitrogens with zero attached hydrogens (tertiary/aromatic N) is 2. The van der Waals surface area contributed by atoms with Crippen LogP contribution in [0.5, 0.6) is 0 Å². The van der Waals surface area contributed by atoms with Crippen molar-refractivity contribution in [2.45, 2.75) is 57.7 Å². The molecule has 1 aliphatic heterocycles. The highest BCUT2D eigenvalue weighted by Crippen LogP contribution is 2.39. The maximum atomic E-state index is 13.0. The highest BCUT2D eigenvalue weighted by molar-refractivity contribution is 5.81. The third kappa shape index (κ3) is 4.06. The highest BCUT2D eigenvalue weighted by atomic mass is 16.3. The van der Waals surface area contributed by atoms with Crippen molar-refractivity contribution in [1.29, 1.82) is 0 Å². The summed E-state index contributed by atoms with van der Waals surface area (Å²) in [7, 11) is 0. The molecular weight excluding hydrogens is 350 g/mol. The summed E-state index contributed by atoms with van der Waals surface area (Å²) in [6, 6.07) is 10.7. The molecule has 150 valence electrons. The Hall–Kier alpha value is -1.98. The van der Waals surface area contributed by atoms with Crippen molar-refractivity contribution in [1.82, 2.24) is 15.2 Å². The number of para-hydroxylation sites is 1. The molecule has 4 rings (SSSR count). The number of likely N-dealkylation sites (tertiary alicyclic amines) is 1. The minimum absolute atomic E-state index is 0.0730. The van der Waals surface area contributed by atoms with Crippen LogP contribution >= 0.6 is 0 Å². The van der Waals surface area contributed by atoms with Crippen molar-refractivity contribution in [3.63, 3.8) is 0 Å². The Labute approximate surface area is 167 Å². The van der Waals surface area contributed by atoms with Gasteiger partial charge in [-0.15, -0.1) is 0 Å². The van der Waals surface area contributed by atoms with Gasteiger partial charge in [-0.2, -0.15) is 0 Å². The van der Waals surface area contributed by atoms with Gasteiger partial charge in [-0.05, 0) is 76.2 Å². The quantitative estimate of drug-likeness (QED) is 0.834. The summed E-state index contributed by atoms with van der Waals surface area (Å²) in [5.41, 5.74) is 2.01. The zero-order valence-electron chi connectivity index (χ0n) is 16.8. The SMILES string of the molecule is CC(C)N1CCC(C(=O)N[C@@H](c2cnc3ccccc3c2)C2CC(O)C2)CC1. The van der Waals surface area contributed by atoms with Crippen molar-refractivity contribution >= 4 is 16.8 Å². The highest BCUT2D eigenvalue weighted by Gasteiger charge is 2.37. The number of pyridine rings is 1. The molecule has 1 aromatic heterocycles. The number of amides is 1. The van der Waals surface area contributed by atoms with E-state index in [2.05, 4.69) is 41.2 Å². The van der Waals surface area contributed by atoms with Gasteiger partial charge >= 0.3 is 0 Å². The maximum Gasteiger partial charge on any atom is 0.223 e. The number of aromatic nitrogens is 1. The van der Waals surface area contributed by atoms with Gasteiger partial charge in [0.15, 0.2) is 0 Å². The number of piperidine rings is 1. The molecule has 2 aromatic rings. The first kappa shape index (κ1) is 19.3. The molecule has 1 saturated carbocycles. The number of aliphatic hydroxyl groups excluding tert-OH is 1. The van der Waals surface area contributed by atoms with Gasteiger partial charge in [0.1, 0.15) is 0 Å². The second-order valence-corrected chi connectivity index (χ2v) is 8.74. The fraction of sp³-hybridized carbons (Fsp3) is 0.565. The van der Waals surface area contributed by atoms with E-state index in [-0.39, 0.29) is 29.9 Å². The molecule has 2 fully saturated rings. The standard InChI is InChI=1S/C23H31N3O2/c1-15(2)26-9-7-16(8-10-26)23(28)25-22(18-12-20(27)13-18)19-11-17-5-3-4-6-21(17)24-14-19/h3-6,11,14-16,18,20,22,27H,7-10,12-13H2,1-2H3,(H,25,28)/t18?,20?,22-/m1/s1. The van der Waals surface area contributed by atoms with Crippen molar-refractivity contribution in [2.75, 3.05) is 13.1 Å². The smallest absolute Gasteiger partial charge is 0.223 e. The van der Waals surface area contributed by atoms with Crippen LogP contribution in [0.4, 0.5) is 0 Å². The molecule has 1 atom stereocenters. The molecule has 1 saturated heterocycles. The Morgan fingerprint density at radius 2 is 1.93 bits per heavy atom. The predicted octanol–water partition coefficient (Wildman–Crippen LogP) is 3.28. The van der Waals surface area contributed by atoms with Crippen LogP contribution < -0.4 is 5.32 Å². The Morgan fingerprint density at radius 1 is 1.21 bits per heavy atom. The number of nitrogens with one attached hydrogen (secondary N) is 1. The van der Waals surface area contributed by atoms with Gasteiger partial charge in [-0.3, -0.25) is 9.78 Å². The zero-order valence-corrected chi connectivity index (χ0v) is 16.8. The molecule has 2 N–H and O–H groups in total. The fourth-order valence-corrected chi connectivity index (χ4v) is 4.58. The Balaban J connectivity index is 1.49. The van der Waals surface area contributed by atoms with Gasteiger partial charge in [0, 0.05) is 23.5 Å². The van der Waals surface area contributed by atoms with Crippen molar-refractivity contribution in [3.05, 3.63) is 42.1 Å². The summed E-state index contributed by atoms with van der Waals surface area (Å²) in [6.07, 6.45) is 4.96. The zero-order chi connectivity index (χ0) is 19.7. The van der Waals surface area contributed by atoms with E-state index < -0.39 is 0 Å². The summed E-state index contributed by atoms with van der Waals surface area (Å²) in [5, 5.41) is 14.2. The second kappa shape index (κ2) is 8.18. The van der Waals surface area contributed by atoms with Crippen LogP contribution in [0.1, 0.15) is 51.1 Å². The van der Waals surface area contributed by atoms with Gasteiger partial charge in [-0.1, -0.05) is 18.2 Å². The monoisotopic (exact) mass is 381 g/mol. The van der Waals surface area contributed by atoms with Crippen LogP contribution in [0.15, 0.2) is 36.5 Å².